The molecule has 0 radical (unpaired) electrons. The van der Waals surface area contributed by atoms with Gasteiger partial charge in [0.15, 0.2) is 11.5 Å². The average Bonchev–Trinajstić information content (AvgIpc) is 2.86. The molecule has 4 rings (SSSR count). The number of rotatable bonds is 2. The van der Waals surface area contributed by atoms with Crippen molar-refractivity contribution in [3.05, 3.63) is 59.2 Å². The third-order valence-corrected chi connectivity index (χ3v) is 4.28. The van der Waals surface area contributed by atoms with Crippen LogP contribution in [0.1, 0.15) is 16.8 Å². The molecule has 3 aromatic rings. The van der Waals surface area contributed by atoms with Crippen molar-refractivity contribution in [2.75, 3.05) is 18.5 Å². The number of hydrogen-bond donors (Lipinski definition) is 1. The van der Waals surface area contributed by atoms with Gasteiger partial charge in [-0.15, -0.1) is 0 Å². The SMILES string of the molecule is O=C(Nc1cc2c(cc1Cl)OCCCO2)c1cccc2cccnc12. The molecular formula is C19H15ClN2O3. The highest BCUT2D eigenvalue weighted by molar-refractivity contribution is 6.34. The molecule has 0 bridgehead atoms. The van der Waals surface area contributed by atoms with Gasteiger partial charge in [0.25, 0.3) is 5.91 Å². The molecule has 1 N–H and O–H groups in total. The number of amides is 1. The van der Waals surface area contributed by atoms with Crippen molar-refractivity contribution >= 4 is 34.1 Å². The molecule has 0 atom stereocenters. The first-order valence-electron chi connectivity index (χ1n) is 7.96. The number of halogens is 1. The monoisotopic (exact) mass is 354 g/mol. The molecule has 1 aromatic heterocycles. The number of carbonyl (C=O) groups excluding carboxylic acids is 1. The van der Waals surface area contributed by atoms with E-state index in [0.29, 0.717) is 46.5 Å². The molecule has 0 spiro atoms. The molecule has 5 nitrogen and oxygen atoms in total. The van der Waals surface area contributed by atoms with E-state index in [1.54, 1.807) is 24.4 Å². The van der Waals surface area contributed by atoms with Crippen molar-refractivity contribution in [1.29, 1.82) is 0 Å². The van der Waals surface area contributed by atoms with Crippen LogP contribution in [0.15, 0.2) is 48.7 Å². The van der Waals surface area contributed by atoms with Crippen molar-refractivity contribution in [3.8, 4) is 11.5 Å². The Morgan fingerprint density at radius 1 is 1.08 bits per heavy atom. The quantitative estimate of drug-likeness (QED) is 0.745. The fourth-order valence-electron chi connectivity index (χ4n) is 2.76. The van der Waals surface area contributed by atoms with Crippen molar-refractivity contribution < 1.29 is 14.3 Å². The largest absolute Gasteiger partial charge is 0.490 e. The molecular weight excluding hydrogens is 340 g/mol. The highest BCUT2D eigenvalue weighted by Gasteiger charge is 2.17. The van der Waals surface area contributed by atoms with Gasteiger partial charge in [0.05, 0.1) is 35.0 Å². The number of anilines is 1. The second kappa shape index (κ2) is 6.61. The summed E-state index contributed by atoms with van der Waals surface area (Å²) in [5.41, 5.74) is 1.61. The van der Waals surface area contributed by atoms with Crippen LogP contribution in [-0.4, -0.2) is 24.1 Å². The zero-order chi connectivity index (χ0) is 17.2. The molecule has 0 fully saturated rings. The Labute approximate surface area is 149 Å². The third kappa shape index (κ3) is 3.10. The van der Waals surface area contributed by atoms with E-state index in [2.05, 4.69) is 10.3 Å². The van der Waals surface area contributed by atoms with Gasteiger partial charge < -0.3 is 14.8 Å². The van der Waals surface area contributed by atoms with E-state index in [4.69, 9.17) is 21.1 Å². The van der Waals surface area contributed by atoms with Gasteiger partial charge in [0, 0.05) is 30.1 Å². The smallest absolute Gasteiger partial charge is 0.257 e. The van der Waals surface area contributed by atoms with E-state index in [9.17, 15) is 4.79 Å². The lowest BCUT2D eigenvalue weighted by atomic mass is 10.1. The normalized spacial score (nSPS) is 13.3. The summed E-state index contributed by atoms with van der Waals surface area (Å²) >= 11 is 6.30. The molecule has 1 amide bonds. The van der Waals surface area contributed by atoms with E-state index < -0.39 is 0 Å². The molecule has 0 aliphatic carbocycles. The van der Waals surface area contributed by atoms with E-state index in [0.717, 1.165) is 11.8 Å². The van der Waals surface area contributed by atoms with Gasteiger partial charge in [0.1, 0.15) is 0 Å². The summed E-state index contributed by atoms with van der Waals surface area (Å²) in [6.45, 7) is 1.14. The first kappa shape index (κ1) is 15.7. The summed E-state index contributed by atoms with van der Waals surface area (Å²) in [6, 6.07) is 12.6. The number of nitrogens with one attached hydrogen (secondary N) is 1. The van der Waals surface area contributed by atoms with Gasteiger partial charge >= 0.3 is 0 Å². The van der Waals surface area contributed by atoms with E-state index in [-0.39, 0.29) is 5.91 Å². The zero-order valence-electron chi connectivity index (χ0n) is 13.3. The standard InChI is InChI=1S/C19H15ClN2O3/c20-14-10-16-17(25-9-3-8-24-16)11-15(14)22-19(23)13-6-1-4-12-5-2-7-21-18(12)13/h1-2,4-7,10-11H,3,8-9H2,(H,22,23). The minimum atomic E-state index is -0.277. The fourth-order valence-corrected chi connectivity index (χ4v) is 2.96. The highest BCUT2D eigenvalue weighted by atomic mass is 35.5. The molecule has 6 heteroatoms. The molecule has 2 aromatic carbocycles. The maximum absolute atomic E-state index is 12.7. The summed E-state index contributed by atoms with van der Waals surface area (Å²) in [4.78, 5) is 17.0. The first-order chi connectivity index (χ1) is 12.2. The summed E-state index contributed by atoms with van der Waals surface area (Å²) in [5.74, 6) is 0.890. The van der Waals surface area contributed by atoms with Gasteiger partial charge in [-0.3, -0.25) is 9.78 Å². The average molecular weight is 355 g/mol. The van der Waals surface area contributed by atoms with Crippen LogP contribution >= 0.6 is 11.6 Å². The topological polar surface area (TPSA) is 60.5 Å². The van der Waals surface area contributed by atoms with Gasteiger partial charge in [-0.05, 0) is 12.1 Å². The Balaban J connectivity index is 1.68. The van der Waals surface area contributed by atoms with Crippen LogP contribution in [0, 0.1) is 0 Å². The van der Waals surface area contributed by atoms with Gasteiger partial charge in [-0.25, -0.2) is 0 Å². The number of carbonyl (C=O) groups is 1. The van der Waals surface area contributed by atoms with Crippen LogP contribution in [-0.2, 0) is 0 Å². The molecule has 0 saturated heterocycles. The Kier molecular flexibility index (Phi) is 4.15. The van der Waals surface area contributed by atoms with Gasteiger partial charge in [-0.2, -0.15) is 0 Å². The third-order valence-electron chi connectivity index (χ3n) is 3.96. The number of aromatic nitrogens is 1. The minimum Gasteiger partial charge on any atom is -0.490 e. The number of para-hydroxylation sites is 1. The molecule has 126 valence electrons. The van der Waals surface area contributed by atoms with Crippen LogP contribution in [0.25, 0.3) is 10.9 Å². The number of benzene rings is 2. The van der Waals surface area contributed by atoms with Crippen molar-refractivity contribution in [1.82, 2.24) is 4.98 Å². The molecule has 25 heavy (non-hydrogen) atoms. The molecule has 2 heterocycles. The van der Waals surface area contributed by atoms with Crippen LogP contribution in [0.2, 0.25) is 5.02 Å². The lowest BCUT2D eigenvalue weighted by Crippen LogP contribution is -2.13. The maximum Gasteiger partial charge on any atom is 0.257 e. The summed E-state index contributed by atoms with van der Waals surface area (Å²) in [5, 5.41) is 4.14. The second-order valence-corrected chi connectivity index (χ2v) is 6.07. The number of pyridine rings is 1. The van der Waals surface area contributed by atoms with E-state index >= 15 is 0 Å². The second-order valence-electron chi connectivity index (χ2n) is 5.66. The van der Waals surface area contributed by atoms with Crippen LogP contribution in [0.5, 0.6) is 11.5 Å². The number of nitrogens with zero attached hydrogens (tertiary/aromatic N) is 1. The lowest BCUT2D eigenvalue weighted by molar-refractivity contribution is 0.102. The highest BCUT2D eigenvalue weighted by Crippen LogP contribution is 2.38. The number of fused-ring (bicyclic) bond motifs is 2. The van der Waals surface area contributed by atoms with Gasteiger partial charge in [-0.1, -0.05) is 29.8 Å². The molecule has 1 aliphatic rings. The zero-order valence-corrected chi connectivity index (χ0v) is 14.0. The predicted octanol–water partition coefficient (Wildman–Crippen LogP) is 4.30. The van der Waals surface area contributed by atoms with Crippen molar-refractivity contribution in [3.63, 3.8) is 0 Å². The Bertz CT molecular complexity index is 953. The minimum absolute atomic E-state index is 0.277. The van der Waals surface area contributed by atoms with Crippen LogP contribution < -0.4 is 14.8 Å². The van der Waals surface area contributed by atoms with Gasteiger partial charge in [0.2, 0.25) is 0 Å². The predicted molar refractivity (Wildman–Crippen MR) is 96.8 cm³/mol. The van der Waals surface area contributed by atoms with E-state index in [1.165, 1.54) is 0 Å². The lowest BCUT2D eigenvalue weighted by Gasteiger charge is -2.13. The molecule has 0 saturated carbocycles. The fraction of sp³-hybridized carbons (Fsp3) is 0.158. The Morgan fingerprint density at radius 2 is 1.84 bits per heavy atom. The number of ether oxygens (including phenoxy) is 2. The van der Waals surface area contributed by atoms with Crippen molar-refractivity contribution in [2.24, 2.45) is 0 Å². The van der Waals surface area contributed by atoms with Crippen LogP contribution in [0.4, 0.5) is 5.69 Å². The Morgan fingerprint density at radius 3 is 2.68 bits per heavy atom. The molecule has 1 aliphatic heterocycles. The van der Waals surface area contributed by atoms with E-state index in [1.807, 2.05) is 24.3 Å². The van der Waals surface area contributed by atoms with Crippen LogP contribution in [0.3, 0.4) is 0 Å². The van der Waals surface area contributed by atoms with Crippen molar-refractivity contribution in [2.45, 2.75) is 6.42 Å². The Hall–Kier alpha value is -2.79. The number of hydrogen-bond acceptors (Lipinski definition) is 4. The summed E-state index contributed by atoms with van der Waals surface area (Å²) in [7, 11) is 0. The first-order valence-corrected chi connectivity index (χ1v) is 8.34. The summed E-state index contributed by atoms with van der Waals surface area (Å²) < 4.78 is 11.3. The summed E-state index contributed by atoms with van der Waals surface area (Å²) in [6.07, 6.45) is 2.47. The maximum atomic E-state index is 12.7. The molecule has 0 unspecified atom stereocenters.